The number of nitrogens with zero attached hydrogens (tertiary/aromatic N) is 3. The predicted molar refractivity (Wildman–Crippen MR) is 51.3 cm³/mol. The Balaban J connectivity index is 2.84. The number of fused-ring (bicyclic) bond motifs is 1. The molecule has 0 bridgehead atoms. The highest BCUT2D eigenvalue weighted by atomic mass is 15.0. The monoisotopic (exact) mass is 175 g/mol. The quantitative estimate of drug-likeness (QED) is 0.665. The Kier molecular flexibility index (Phi) is 1.70. The molecule has 0 fully saturated rings. The van der Waals surface area contributed by atoms with E-state index in [1.807, 2.05) is 6.07 Å². The summed E-state index contributed by atoms with van der Waals surface area (Å²) in [4.78, 5) is 12.1. The molecule has 0 aliphatic carbocycles. The van der Waals surface area contributed by atoms with E-state index in [1.54, 1.807) is 13.2 Å². The van der Waals surface area contributed by atoms with Crippen LogP contribution in [0.4, 0.5) is 11.6 Å². The molecule has 2 heterocycles. The van der Waals surface area contributed by atoms with Gasteiger partial charge in [0.1, 0.15) is 23.5 Å². The molecule has 0 unspecified atom stereocenters. The van der Waals surface area contributed by atoms with Gasteiger partial charge in [0.05, 0.1) is 0 Å². The van der Waals surface area contributed by atoms with Crippen molar-refractivity contribution in [1.82, 2.24) is 15.0 Å². The number of hydrogen-bond acceptors (Lipinski definition) is 5. The standard InChI is InChI=1S/C8H9N5/c1-10-8-5-2-3-11-7(9)6(5)12-4-13-8/h2-4H,1H3,(H2,9,11)(H,10,12,13). The number of pyridine rings is 1. The molecule has 0 atom stereocenters. The Labute approximate surface area is 75.0 Å². The lowest BCUT2D eigenvalue weighted by Gasteiger charge is -2.03. The first-order valence-corrected chi connectivity index (χ1v) is 3.86. The van der Waals surface area contributed by atoms with Crippen LogP contribution < -0.4 is 11.1 Å². The van der Waals surface area contributed by atoms with Crippen LogP contribution in [0.15, 0.2) is 18.6 Å². The molecule has 66 valence electrons. The minimum Gasteiger partial charge on any atom is -0.382 e. The van der Waals surface area contributed by atoms with Gasteiger partial charge in [-0.1, -0.05) is 0 Å². The van der Waals surface area contributed by atoms with Gasteiger partial charge in [-0.15, -0.1) is 0 Å². The van der Waals surface area contributed by atoms with Gasteiger partial charge in [-0.2, -0.15) is 0 Å². The second-order valence-corrected chi connectivity index (χ2v) is 2.56. The summed E-state index contributed by atoms with van der Waals surface area (Å²) in [7, 11) is 1.80. The highest BCUT2D eigenvalue weighted by Crippen LogP contribution is 2.20. The zero-order chi connectivity index (χ0) is 9.26. The highest BCUT2D eigenvalue weighted by molar-refractivity contribution is 5.94. The average Bonchev–Trinajstić information content (AvgIpc) is 2.18. The number of nitrogens with one attached hydrogen (secondary N) is 1. The van der Waals surface area contributed by atoms with Gasteiger partial charge in [0, 0.05) is 18.6 Å². The maximum Gasteiger partial charge on any atom is 0.150 e. The second kappa shape index (κ2) is 2.85. The molecule has 5 nitrogen and oxygen atoms in total. The fourth-order valence-corrected chi connectivity index (χ4v) is 1.21. The smallest absolute Gasteiger partial charge is 0.150 e. The van der Waals surface area contributed by atoms with E-state index in [1.165, 1.54) is 6.33 Å². The maximum absolute atomic E-state index is 5.65. The van der Waals surface area contributed by atoms with Crippen LogP contribution >= 0.6 is 0 Å². The third-order valence-electron chi connectivity index (χ3n) is 1.82. The molecular formula is C8H9N5. The minimum absolute atomic E-state index is 0.427. The number of anilines is 2. The number of hydrogen-bond donors (Lipinski definition) is 2. The summed E-state index contributed by atoms with van der Waals surface area (Å²) in [6, 6.07) is 1.83. The average molecular weight is 175 g/mol. The van der Waals surface area contributed by atoms with Crippen LogP contribution in [-0.4, -0.2) is 22.0 Å². The van der Waals surface area contributed by atoms with Gasteiger partial charge in [-0.3, -0.25) is 0 Å². The first-order chi connectivity index (χ1) is 6.33. The summed E-state index contributed by atoms with van der Waals surface area (Å²) < 4.78 is 0. The molecule has 5 heteroatoms. The molecule has 2 aromatic rings. The lowest BCUT2D eigenvalue weighted by atomic mass is 10.3. The normalized spacial score (nSPS) is 10.2. The summed E-state index contributed by atoms with van der Waals surface area (Å²) in [6.07, 6.45) is 3.11. The number of nitrogen functional groups attached to an aromatic ring is 1. The SMILES string of the molecule is CNc1ncnc2c(N)nccc12. The summed E-state index contributed by atoms with van der Waals surface area (Å²) >= 11 is 0. The van der Waals surface area contributed by atoms with Crippen LogP contribution in [0.1, 0.15) is 0 Å². The Morgan fingerprint density at radius 3 is 2.92 bits per heavy atom. The van der Waals surface area contributed by atoms with E-state index in [2.05, 4.69) is 20.3 Å². The van der Waals surface area contributed by atoms with Gasteiger partial charge in [-0.05, 0) is 6.07 Å². The molecular weight excluding hydrogens is 166 g/mol. The second-order valence-electron chi connectivity index (χ2n) is 2.56. The van der Waals surface area contributed by atoms with Gasteiger partial charge in [-0.25, -0.2) is 15.0 Å². The molecule has 2 rings (SSSR count). The molecule has 0 aromatic carbocycles. The third kappa shape index (κ3) is 1.14. The van der Waals surface area contributed by atoms with E-state index in [4.69, 9.17) is 5.73 Å². The van der Waals surface area contributed by atoms with Crippen LogP contribution in [0.2, 0.25) is 0 Å². The van der Waals surface area contributed by atoms with Gasteiger partial charge >= 0.3 is 0 Å². The molecule has 13 heavy (non-hydrogen) atoms. The molecule has 0 aliphatic rings. The Morgan fingerprint density at radius 1 is 1.31 bits per heavy atom. The molecule has 0 amide bonds. The highest BCUT2D eigenvalue weighted by Gasteiger charge is 2.03. The topological polar surface area (TPSA) is 76.7 Å². The molecule has 0 saturated carbocycles. The minimum atomic E-state index is 0.427. The first-order valence-electron chi connectivity index (χ1n) is 3.86. The molecule has 0 spiro atoms. The summed E-state index contributed by atoms with van der Waals surface area (Å²) in [6.45, 7) is 0. The van der Waals surface area contributed by atoms with Crippen molar-refractivity contribution in [3.63, 3.8) is 0 Å². The van der Waals surface area contributed by atoms with Gasteiger partial charge in [0.15, 0.2) is 0 Å². The Morgan fingerprint density at radius 2 is 2.15 bits per heavy atom. The summed E-state index contributed by atoms with van der Waals surface area (Å²) in [5.74, 6) is 1.19. The van der Waals surface area contributed by atoms with Crippen LogP contribution in [0.5, 0.6) is 0 Å². The van der Waals surface area contributed by atoms with Crippen molar-refractivity contribution in [3.05, 3.63) is 18.6 Å². The zero-order valence-electron chi connectivity index (χ0n) is 7.15. The van der Waals surface area contributed by atoms with Crippen LogP contribution in [0.25, 0.3) is 10.9 Å². The number of nitrogens with two attached hydrogens (primary N) is 1. The van der Waals surface area contributed by atoms with Crippen molar-refractivity contribution >= 4 is 22.5 Å². The van der Waals surface area contributed by atoms with E-state index in [9.17, 15) is 0 Å². The van der Waals surface area contributed by atoms with Crippen molar-refractivity contribution in [1.29, 1.82) is 0 Å². The van der Waals surface area contributed by atoms with Crippen molar-refractivity contribution < 1.29 is 0 Å². The first kappa shape index (κ1) is 7.72. The van der Waals surface area contributed by atoms with E-state index < -0.39 is 0 Å². The lowest BCUT2D eigenvalue weighted by molar-refractivity contribution is 1.20. The maximum atomic E-state index is 5.65. The van der Waals surface area contributed by atoms with Gasteiger partial charge in [0.25, 0.3) is 0 Å². The molecule has 2 aromatic heterocycles. The van der Waals surface area contributed by atoms with Crippen molar-refractivity contribution in [2.75, 3.05) is 18.1 Å². The lowest BCUT2D eigenvalue weighted by Crippen LogP contribution is -1.98. The fraction of sp³-hybridized carbons (Fsp3) is 0.125. The molecule has 0 radical (unpaired) electrons. The van der Waals surface area contributed by atoms with Crippen molar-refractivity contribution in [2.45, 2.75) is 0 Å². The summed E-state index contributed by atoms with van der Waals surface area (Å²) in [5, 5.41) is 3.85. The zero-order valence-corrected chi connectivity index (χ0v) is 7.15. The van der Waals surface area contributed by atoms with Crippen molar-refractivity contribution in [3.8, 4) is 0 Å². The Bertz CT molecular complexity index is 439. The fourth-order valence-electron chi connectivity index (χ4n) is 1.21. The third-order valence-corrected chi connectivity index (χ3v) is 1.82. The number of rotatable bonds is 1. The van der Waals surface area contributed by atoms with Crippen molar-refractivity contribution in [2.24, 2.45) is 0 Å². The predicted octanol–water partition coefficient (Wildman–Crippen LogP) is 0.649. The van der Waals surface area contributed by atoms with Crippen LogP contribution in [0.3, 0.4) is 0 Å². The van der Waals surface area contributed by atoms with Gasteiger partial charge < -0.3 is 11.1 Å². The summed E-state index contributed by atoms with van der Waals surface area (Å²) in [5.41, 5.74) is 6.33. The molecule has 0 saturated heterocycles. The largest absolute Gasteiger partial charge is 0.382 e. The van der Waals surface area contributed by atoms with E-state index in [0.29, 0.717) is 11.3 Å². The van der Waals surface area contributed by atoms with Crippen LogP contribution in [0, 0.1) is 0 Å². The van der Waals surface area contributed by atoms with E-state index in [-0.39, 0.29) is 0 Å². The Hall–Kier alpha value is -1.91. The molecule has 0 aliphatic heterocycles. The molecule has 3 N–H and O–H groups in total. The van der Waals surface area contributed by atoms with Gasteiger partial charge in [0.2, 0.25) is 0 Å². The van der Waals surface area contributed by atoms with E-state index in [0.717, 1.165) is 11.2 Å². The number of aromatic nitrogens is 3. The van der Waals surface area contributed by atoms with Crippen LogP contribution in [-0.2, 0) is 0 Å². The van der Waals surface area contributed by atoms with E-state index >= 15 is 0 Å².